The number of fused-ring (bicyclic) bond motifs is 1. The SMILES string of the molecule is O=c1[nH]c([C@@H]2CC[C@@H](CN3CCN(c4ccc(F)cn4)CC3)C2)cc2cccc(F)c12. The molecule has 1 N–H and O–H groups in total. The predicted molar refractivity (Wildman–Crippen MR) is 117 cm³/mol. The maximum absolute atomic E-state index is 14.0. The number of H-pyrrole nitrogens is 1. The number of aromatic amines is 1. The molecule has 1 aliphatic carbocycles. The van der Waals surface area contributed by atoms with Gasteiger partial charge in [-0.05, 0) is 60.7 Å². The molecule has 1 aliphatic heterocycles. The Hall–Kier alpha value is -2.80. The molecule has 2 aromatic heterocycles. The van der Waals surface area contributed by atoms with E-state index in [0.29, 0.717) is 17.2 Å². The highest BCUT2D eigenvalue weighted by Gasteiger charge is 2.29. The average Bonchev–Trinajstić information content (AvgIpc) is 3.23. The summed E-state index contributed by atoms with van der Waals surface area (Å²) in [5.41, 5.74) is 0.595. The molecule has 1 saturated carbocycles. The number of benzene rings is 1. The molecule has 2 atom stereocenters. The average molecular weight is 424 g/mol. The van der Waals surface area contributed by atoms with Gasteiger partial charge in [0.15, 0.2) is 0 Å². The minimum Gasteiger partial charge on any atom is -0.354 e. The Morgan fingerprint density at radius 2 is 1.90 bits per heavy atom. The van der Waals surface area contributed by atoms with E-state index in [0.717, 1.165) is 63.5 Å². The lowest BCUT2D eigenvalue weighted by Crippen LogP contribution is -2.47. The fraction of sp³-hybridized carbons (Fsp3) is 0.417. The van der Waals surface area contributed by atoms with Crippen LogP contribution in [0.4, 0.5) is 14.6 Å². The van der Waals surface area contributed by atoms with Crippen molar-refractivity contribution in [2.24, 2.45) is 5.92 Å². The van der Waals surface area contributed by atoms with Gasteiger partial charge in [0.25, 0.3) is 5.56 Å². The summed E-state index contributed by atoms with van der Waals surface area (Å²) >= 11 is 0. The van der Waals surface area contributed by atoms with Crippen LogP contribution in [-0.2, 0) is 0 Å². The molecule has 0 spiro atoms. The van der Waals surface area contributed by atoms with Gasteiger partial charge in [0, 0.05) is 38.4 Å². The topological polar surface area (TPSA) is 52.2 Å². The fourth-order valence-corrected chi connectivity index (χ4v) is 5.12. The van der Waals surface area contributed by atoms with Crippen molar-refractivity contribution in [3.05, 3.63) is 70.3 Å². The summed E-state index contributed by atoms with van der Waals surface area (Å²) in [7, 11) is 0. The highest BCUT2D eigenvalue weighted by Crippen LogP contribution is 2.38. The zero-order valence-corrected chi connectivity index (χ0v) is 17.4. The molecule has 3 aromatic rings. The highest BCUT2D eigenvalue weighted by molar-refractivity contribution is 5.82. The molecule has 1 saturated heterocycles. The minimum absolute atomic E-state index is 0.148. The summed E-state index contributed by atoms with van der Waals surface area (Å²) < 4.78 is 27.1. The third-order valence-electron chi connectivity index (χ3n) is 6.75. The molecule has 0 unspecified atom stereocenters. The first kappa shape index (κ1) is 20.1. The third-order valence-corrected chi connectivity index (χ3v) is 6.75. The lowest BCUT2D eigenvalue weighted by atomic mass is 9.99. The third kappa shape index (κ3) is 4.19. The summed E-state index contributed by atoms with van der Waals surface area (Å²) in [5.74, 6) is 0.960. The van der Waals surface area contributed by atoms with Crippen molar-refractivity contribution in [2.45, 2.75) is 25.2 Å². The quantitative estimate of drug-likeness (QED) is 0.690. The predicted octanol–water partition coefficient (Wildman–Crippen LogP) is 3.91. The van der Waals surface area contributed by atoms with E-state index in [9.17, 15) is 13.6 Å². The maximum atomic E-state index is 14.0. The number of rotatable bonds is 4. The van der Waals surface area contributed by atoms with E-state index in [2.05, 4.69) is 19.8 Å². The second-order valence-electron chi connectivity index (χ2n) is 8.76. The molecule has 0 amide bonds. The van der Waals surface area contributed by atoms with Gasteiger partial charge in [-0.2, -0.15) is 0 Å². The van der Waals surface area contributed by atoms with Gasteiger partial charge in [-0.15, -0.1) is 0 Å². The van der Waals surface area contributed by atoms with Crippen molar-refractivity contribution in [2.75, 3.05) is 37.6 Å². The maximum Gasteiger partial charge on any atom is 0.259 e. The zero-order chi connectivity index (χ0) is 21.4. The van der Waals surface area contributed by atoms with Gasteiger partial charge < -0.3 is 9.88 Å². The molecule has 1 aromatic carbocycles. The molecule has 2 fully saturated rings. The van der Waals surface area contributed by atoms with Crippen LogP contribution in [0.2, 0.25) is 0 Å². The highest BCUT2D eigenvalue weighted by atomic mass is 19.1. The monoisotopic (exact) mass is 424 g/mol. The van der Waals surface area contributed by atoms with Crippen LogP contribution in [0.1, 0.15) is 30.9 Å². The van der Waals surface area contributed by atoms with Gasteiger partial charge in [-0.25, -0.2) is 13.8 Å². The second kappa shape index (κ2) is 8.38. The van der Waals surface area contributed by atoms with Crippen molar-refractivity contribution in [1.82, 2.24) is 14.9 Å². The lowest BCUT2D eigenvalue weighted by Gasteiger charge is -2.36. The van der Waals surface area contributed by atoms with E-state index in [-0.39, 0.29) is 16.8 Å². The number of hydrogen-bond acceptors (Lipinski definition) is 4. The minimum atomic E-state index is -0.468. The second-order valence-corrected chi connectivity index (χ2v) is 8.76. The van der Waals surface area contributed by atoms with Gasteiger partial charge in [0.05, 0.1) is 11.6 Å². The molecule has 31 heavy (non-hydrogen) atoms. The van der Waals surface area contributed by atoms with Gasteiger partial charge >= 0.3 is 0 Å². The molecule has 0 bridgehead atoms. The summed E-state index contributed by atoms with van der Waals surface area (Å²) in [6.45, 7) is 4.75. The number of pyridine rings is 2. The molecule has 2 aliphatic rings. The van der Waals surface area contributed by atoms with E-state index in [4.69, 9.17) is 0 Å². The van der Waals surface area contributed by atoms with E-state index >= 15 is 0 Å². The Bertz CT molecular complexity index is 1120. The number of nitrogens with one attached hydrogen (secondary N) is 1. The smallest absolute Gasteiger partial charge is 0.259 e. The summed E-state index contributed by atoms with van der Waals surface area (Å²) in [6, 6.07) is 9.93. The molecular formula is C24H26F2N4O. The van der Waals surface area contributed by atoms with Crippen LogP contribution in [-0.4, -0.2) is 47.6 Å². The molecule has 162 valence electrons. The number of piperazine rings is 1. The normalized spacial score (nSPS) is 22.3. The van der Waals surface area contributed by atoms with Crippen LogP contribution < -0.4 is 10.5 Å². The first-order valence-corrected chi connectivity index (χ1v) is 11.0. The van der Waals surface area contributed by atoms with E-state index < -0.39 is 5.82 Å². The number of halogens is 2. The largest absolute Gasteiger partial charge is 0.354 e. The number of anilines is 1. The number of nitrogens with zero attached hydrogens (tertiary/aromatic N) is 3. The van der Waals surface area contributed by atoms with Crippen LogP contribution in [0.5, 0.6) is 0 Å². The Labute approximate surface area is 179 Å². The van der Waals surface area contributed by atoms with Crippen molar-refractivity contribution in [3.63, 3.8) is 0 Å². The van der Waals surface area contributed by atoms with Crippen molar-refractivity contribution < 1.29 is 8.78 Å². The Morgan fingerprint density at radius 3 is 2.68 bits per heavy atom. The van der Waals surface area contributed by atoms with Gasteiger partial charge in [-0.3, -0.25) is 9.69 Å². The molecule has 5 nitrogen and oxygen atoms in total. The Kier molecular flexibility index (Phi) is 5.44. The Morgan fingerprint density at radius 1 is 1.06 bits per heavy atom. The van der Waals surface area contributed by atoms with Crippen molar-refractivity contribution in [1.29, 1.82) is 0 Å². The van der Waals surface area contributed by atoms with Crippen molar-refractivity contribution in [3.8, 4) is 0 Å². The van der Waals surface area contributed by atoms with Crippen LogP contribution in [0.3, 0.4) is 0 Å². The van der Waals surface area contributed by atoms with E-state index in [1.807, 2.05) is 6.07 Å². The summed E-state index contributed by atoms with van der Waals surface area (Å²) in [5, 5.41) is 0.821. The molecule has 3 heterocycles. The van der Waals surface area contributed by atoms with E-state index in [1.54, 1.807) is 18.2 Å². The standard InChI is InChI=1S/C24H26F2N4O/c25-19-6-7-22(27-14-19)30-10-8-29(9-11-30)15-16-4-5-17(12-16)21-13-18-2-1-3-20(26)23(18)24(31)28-21/h1-3,6-7,13-14,16-17H,4-5,8-12,15H2,(H,28,31)/t16-,17-/m1/s1. The van der Waals surface area contributed by atoms with Crippen LogP contribution in [0.15, 0.2) is 47.4 Å². The van der Waals surface area contributed by atoms with Gasteiger partial charge in [-0.1, -0.05) is 12.1 Å². The molecule has 0 radical (unpaired) electrons. The summed E-state index contributed by atoms with van der Waals surface area (Å²) in [6.07, 6.45) is 4.48. The molecule has 7 heteroatoms. The van der Waals surface area contributed by atoms with Crippen LogP contribution in [0.25, 0.3) is 10.8 Å². The van der Waals surface area contributed by atoms with E-state index in [1.165, 1.54) is 18.3 Å². The van der Waals surface area contributed by atoms with Gasteiger partial charge in [0.2, 0.25) is 0 Å². The summed E-state index contributed by atoms with van der Waals surface area (Å²) in [4.78, 5) is 24.2. The molecular weight excluding hydrogens is 398 g/mol. The first-order valence-electron chi connectivity index (χ1n) is 11.0. The zero-order valence-electron chi connectivity index (χ0n) is 17.4. The van der Waals surface area contributed by atoms with Gasteiger partial charge in [0.1, 0.15) is 17.5 Å². The van der Waals surface area contributed by atoms with Crippen LogP contribution in [0, 0.1) is 17.6 Å². The van der Waals surface area contributed by atoms with Crippen molar-refractivity contribution >= 4 is 16.6 Å². The fourth-order valence-electron chi connectivity index (χ4n) is 5.12. The number of hydrogen-bond donors (Lipinski definition) is 1. The first-order chi connectivity index (χ1) is 15.1. The lowest BCUT2D eigenvalue weighted by molar-refractivity contribution is 0.218. The number of aromatic nitrogens is 2. The van der Waals surface area contributed by atoms with Crippen LogP contribution >= 0.6 is 0 Å². The Balaban J connectivity index is 1.19. The molecule has 5 rings (SSSR count).